The van der Waals surface area contributed by atoms with Crippen LogP contribution in [0.5, 0.6) is 5.75 Å². The highest BCUT2D eigenvalue weighted by Crippen LogP contribution is 2.33. The van der Waals surface area contributed by atoms with E-state index in [2.05, 4.69) is 27.6 Å². The van der Waals surface area contributed by atoms with E-state index in [1.807, 2.05) is 0 Å². The van der Waals surface area contributed by atoms with Gasteiger partial charge in [-0.2, -0.15) is 5.11 Å². The fourth-order valence-electron chi connectivity index (χ4n) is 4.29. The Labute approximate surface area is 249 Å². The number of carbonyl (C=O) groups excluding carboxylic acids is 1. The van der Waals surface area contributed by atoms with Crippen molar-refractivity contribution < 1.29 is 9.90 Å². The zero-order valence-electron chi connectivity index (χ0n) is 22.7. The summed E-state index contributed by atoms with van der Waals surface area (Å²) in [6.07, 6.45) is 13.3. The molecule has 0 spiro atoms. The van der Waals surface area contributed by atoms with Crippen LogP contribution < -0.4 is 10.9 Å². The molecule has 216 valence electrons. The van der Waals surface area contributed by atoms with E-state index >= 15 is 0 Å². The number of hydrogen-bond acceptors (Lipinski definition) is 5. The minimum atomic E-state index is -0.612. The Morgan fingerprint density at radius 1 is 0.875 bits per heavy atom. The SMILES string of the molecule is CCCCCCCCCCCCCC(=O)Nc1[nH]n(-c2c(Cl)cc(Cl)cc2Cl)c(=O)c1N=Nc1ccc(O)cc1. The Kier molecular flexibility index (Phi) is 13.0. The molecule has 1 aromatic heterocycles. The molecule has 3 rings (SSSR count). The van der Waals surface area contributed by atoms with Gasteiger partial charge < -0.3 is 10.4 Å². The summed E-state index contributed by atoms with van der Waals surface area (Å²) in [4.78, 5) is 26.1. The van der Waals surface area contributed by atoms with Crippen LogP contribution in [0.25, 0.3) is 5.69 Å². The van der Waals surface area contributed by atoms with Gasteiger partial charge in [0, 0.05) is 11.4 Å². The molecule has 3 N–H and O–H groups in total. The minimum absolute atomic E-state index is 0.0719. The van der Waals surface area contributed by atoms with Crippen molar-refractivity contribution in [3.05, 3.63) is 61.8 Å². The number of H-pyrrole nitrogens is 1. The van der Waals surface area contributed by atoms with Crippen LogP contribution in [0.2, 0.25) is 15.1 Å². The number of carbonyl (C=O) groups is 1. The van der Waals surface area contributed by atoms with E-state index in [1.54, 1.807) is 12.1 Å². The second kappa shape index (κ2) is 16.5. The predicted molar refractivity (Wildman–Crippen MR) is 163 cm³/mol. The van der Waals surface area contributed by atoms with Crippen LogP contribution in [0.3, 0.4) is 0 Å². The highest BCUT2D eigenvalue weighted by atomic mass is 35.5. The lowest BCUT2D eigenvalue weighted by molar-refractivity contribution is -0.116. The van der Waals surface area contributed by atoms with Crippen molar-refractivity contribution in [3.63, 3.8) is 0 Å². The van der Waals surface area contributed by atoms with Gasteiger partial charge in [-0.1, -0.05) is 106 Å². The summed E-state index contributed by atoms with van der Waals surface area (Å²) in [6, 6.07) is 8.91. The quantitative estimate of drug-likeness (QED) is 0.111. The number of unbranched alkanes of at least 4 members (excludes halogenated alkanes) is 10. The number of aromatic amines is 1. The molecule has 0 bridgehead atoms. The van der Waals surface area contributed by atoms with Gasteiger partial charge in [-0.3, -0.25) is 14.7 Å². The number of amides is 1. The summed E-state index contributed by atoms with van der Waals surface area (Å²) in [5.74, 6) is -0.105. The summed E-state index contributed by atoms with van der Waals surface area (Å²) < 4.78 is 1.10. The van der Waals surface area contributed by atoms with Gasteiger partial charge in [0.2, 0.25) is 5.91 Å². The Hall–Kier alpha value is -2.81. The number of phenols is 1. The van der Waals surface area contributed by atoms with Crippen LogP contribution in [0.4, 0.5) is 17.2 Å². The van der Waals surface area contributed by atoms with E-state index in [1.165, 1.54) is 75.6 Å². The fourth-order valence-corrected chi connectivity index (χ4v) is 5.28. The van der Waals surface area contributed by atoms with Crippen molar-refractivity contribution in [1.82, 2.24) is 9.78 Å². The molecule has 8 nitrogen and oxygen atoms in total. The topological polar surface area (TPSA) is 112 Å². The number of rotatable bonds is 16. The van der Waals surface area contributed by atoms with Gasteiger partial charge in [-0.25, -0.2) is 4.68 Å². The second-order valence-corrected chi connectivity index (χ2v) is 11.0. The van der Waals surface area contributed by atoms with E-state index in [9.17, 15) is 14.7 Å². The number of hydrogen-bond donors (Lipinski definition) is 3. The average molecular weight is 609 g/mol. The van der Waals surface area contributed by atoms with Gasteiger partial charge >= 0.3 is 5.56 Å². The monoisotopic (exact) mass is 607 g/mol. The van der Waals surface area contributed by atoms with Crippen molar-refractivity contribution in [1.29, 1.82) is 0 Å². The van der Waals surface area contributed by atoms with E-state index in [0.717, 1.165) is 23.9 Å². The summed E-state index contributed by atoms with van der Waals surface area (Å²) in [7, 11) is 0. The fraction of sp³-hybridized carbons (Fsp3) is 0.448. The number of nitrogens with one attached hydrogen (secondary N) is 2. The zero-order chi connectivity index (χ0) is 28.9. The maximum atomic E-state index is 13.3. The summed E-state index contributed by atoms with van der Waals surface area (Å²) in [5, 5.41) is 23.9. The summed E-state index contributed by atoms with van der Waals surface area (Å²) in [6.45, 7) is 2.23. The Morgan fingerprint density at radius 2 is 1.43 bits per heavy atom. The predicted octanol–water partition coefficient (Wildman–Crippen LogP) is 9.89. The summed E-state index contributed by atoms with van der Waals surface area (Å²) in [5.41, 5.74) is -0.156. The maximum absolute atomic E-state index is 13.3. The molecule has 2 aromatic carbocycles. The van der Waals surface area contributed by atoms with Gasteiger partial charge in [-0.05, 0) is 42.8 Å². The molecule has 1 amide bonds. The number of nitrogens with zero attached hydrogens (tertiary/aromatic N) is 3. The molecule has 0 saturated heterocycles. The third kappa shape index (κ3) is 9.68. The third-order valence-corrected chi connectivity index (χ3v) is 7.25. The molecule has 0 unspecified atom stereocenters. The normalized spacial score (nSPS) is 11.4. The zero-order valence-corrected chi connectivity index (χ0v) is 25.0. The molecule has 40 heavy (non-hydrogen) atoms. The van der Waals surface area contributed by atoms with E-state index in [0.29, 0.717) is 17.1 Å². The molecule has 0 aliphatic heterocycles. The molecular formula is C29H36Cl3N5O3. The lowest BCUT2D eigenvalue weighted by Crippen LogP contribution is -2.15. The molecule has 0 atom stereocenters. The first-order chi connectivity index (χ1) is 19.3. The van der Waals surface area contributed by atoms with Crippen LogP contribution in [0, 0.1) is 0 Å². The number of halogens is 3. The first-order valence-corrected chi connectivity index (χ1v) is 14.9. The van der Waals surface area contributed by atoms with Gasteiger partial charge in [-0.15, -0.1) is 5.11 Å². The molecule has 0 saturated carbocycles. The number of aromatic nitrogens is 2. The van der Waals surface area contributed by atoms with Crippen LogP contribution in [-0.2, 0) is 4.79 Å². The molecular weight excluding hydrogens is 573 g/mol. The Balaban J connectivity index is 1.65. The Bertz CT molecular complexity index is 1310. The largest absolute Gasteiger partial charge is 0.508 e. The van der Waals surface area contributed by atoms with Crippen molar-refractivity contribution in [2.75, 3.05) is 5.32 Å². The number of anilines is 1. The number of aromatic hydroxyl groups is 1. The molecule has 0 radical (unpaired) electrons. The van der Waals surface area contributed by atoms with Gasteiger partial charge in [0.25, 0.3) is 0 Å². The van der Waals surface area contributed by atoms with Crippen LogP contribution in [0.15, 0.2) is 51.4 Å². The number of azo groups is 1. The highest BCUT2D eigenvalue weighted by Gasteiger charge is 2.21. The van der Waals surface area contributed by atoms with Crippen LogP contribution in [-0.4, -0.2) is 20.8 Å². The maximum Gasteiger partial charge on any atom is 0.301 e. The smallest absolute Gasteiger partial charge is 0.301 e. The van der Waals surface area contributed by atoms with E-state index in [4.69, 9.17) is 34.8 Å². The van der Waals surface area contributed by atoms with Crippen LogP contribution in [0.1, 0.15) is 84.0 Å². The number of benzene rings is 2. The standard InChI is InChI=1S/C29H36Cl3N5O3/c1-2-3-4-5-6-7-8-9-10-11-12-13-25(39)33-28-26(35-34-21-14-16-22(38)17-15-21)29(40)37(36-28)27-23(31)18-20(30)19-24(27)32/h14-19,36,38H,2-13H2,1H3,(H,33,39). The van der Waals surface area contributed by atoms with Gasteiger partial charge in [0.1, 0.15) is 11.4 Å². The van der Waals surface area contributed by atoms with E-state index < -0.39 is 5.56 Å². The second-order valence-electron chi connectivity index (χ2n) is 9.74. The van der Waals surface area contributed by atoms with Crippen molar-refractivity contribution in [2.45, 2.75) is 84.0 Å². The van der Waals surface area contributed by atoms with Crippen molar-refractivity contribution in [3.8, 4) is 11.4 Å². The minimum Gasteiger partial charge on any atom is -0.508 e. The first kappa shape index (κ1) is 31.7. The Morgan fingerprint density at radius 3 is 2.00 bits per heavy atom. The third-order valence-electron chi connectivity index (χ3n) is 6.46. The average Bonchev–Trinajstić information content (AvgIpc) is 3.20. The van der Waals surface area contributed by atoms with Gasteiger partial charge in [0.15, 0.2) is 11.5 Å². The van der Waals surface area contributed by atoms with Gasteiger partial charge in [0.05, 0.1) is 15.7 Å². The van der Waals surface area contributed by atoms with Crippen LogP contribution >= 0.6 is 34.8 Å². The highest BCUT2D eigenvalue weighted by molar-refractivity contribution is 6.40. The molecule has 11 heteroatoms. The van der Waals surface area contributed by atoms with Crippen molar-refractivity contribution in [2.24, 2.45) is 10.2 Å². The lowest BCUT2D eigenvalue weighted by Gasteiger charge is -2.08. The molecule has 0 aliphatic carbocycles. The molecule has 0 aliphatic rings. The number of phenolic OH excluding ortho intramolecular Hbond substituents is 1. The molecule has 1 heterocycles. The molecule has 3 aromatic rings. The lowest BCUT2D eigenvalue weighted by atomic mass is 10.1. The summed E-state index contributed by atoms with van der Waals surface area (Å²) >= 11 is 18.7. The van der Waals surface area contributed by atoms with E-state index in [-0.39, 0.29) is 38.9 Å². The van der Waals surface area contributed by atoms with Crippen molar-refractivity contribution >= 4 is 57.9 Å². The molecule has 0 fully saturated rings. The first-order valence-electron chi connectivity index (χ1n) is 13.8.